The summed E-state index contributed by atoms with van der Waals surface area (Å²) in [6.45, 7) is 3.87. The molecule has 2 saturated heterocycles. The van der Waals surface area contributed by atoms with Gasteiger partial charge in [-0.05, 0) is 25.0 Å². The third-order valence-corrected chi connectivity index (χ3v) is 7.12. The number of anilines is 2. The number of nitrogens with two attached hydrogens (primary N) is 1. The first-order valence-electron chi connectivity index (χ1n) is 13.4. The Morgan fingerprint density at radius 1 is 0.902 bits per heavy atom. The maximum absolute atomic E-state index is 12.9. The third kappa shape index (κ3) is 6.83. The summed E-state index contributed by atoms with van der Waals surface area (Å²) in [4.78, 5) is 32.4. The van der Waals surface area contributed by atoms with Crippen LogP contribution < -0.4 is 30.2 Å². The van der Waals surface area contributed by atoms with Gasteiger partial charge < -0.3 is 40.0 Å². The van der Waals surface area contributed by atoms with E-state index in [1.54, 1.807) is 18.2 Å². The van der Waals surface area contributed by atoms with Crippen molar-refractivity contribution >= 4 is 41.0 Å². The molecule has 13 heteroatoms. The van der Waals surface area contributed by atoms with Gasteiger partial charge in [0.25, 0.3) is 0 Å². The van der Waals surface area contributed by atoms with Crippen LogP contribution >= 0.6 is 11.6 Å². The lowest BCUT2D eigenvalue weighted by Crippen LogP contribution is -2.52. The van der Waals surface area contributed by atoms with Crippen LogP contribution in [0.1, 0.15) is 12.8 Å². The second kappa shape index (κ2) is 12.8. The summed E-state index contributed by atoms with van der Waals surface area (Å²) in [6, 6.07) is 14.4. The van der Waals surface area contributed by atoms with Crippen LogP contribution in [0.4, 0.5) is 22.2 Å². The predicted octanol–water partition coefficient (Wildman–Crippen LogP) is 4.34. The number of amides is 2. The van der Waals surface area contributed by atoms with Crippen molar-refractivity contribution in [3.05, 3.63) is 53.6 Å². The summed E-state index contributed by atoms with van der Waals surface area (Å²) < 4.78 is 16.8. The first-order chi connectivity index (χ1) is 19.9. The minimum absolute atomic E-state index is 0.0910. The van der Waals surface area contributed by atoms with E-state index in [1.165, 1.54) is 14.2 Å². The lowest BCUT2D eigenvalue weighted by atomic mass is 10.3. The maximum atomic E-state index is 12.9. The van der Waals surface area contributed by atoms with Crippen molar-refractivity contribution in [3.63, 3.8) is 0 Å². The summed E-state index contributed by atoms with van der Waals surface area (Å²) in [5, 5.41) is 3.37. The van der Waals surface area contributed by atoms with Crippen LogP contribution in [0.15, 0.2) is 53.5 Å². The van der Waals surface area contributed by atoms with Crippen LogP contribution in [0, 0.1) is 0 Å². The number of aliphatic imine (C=N–C) groups is 1. The molecule has 0 spiro atoms. The molecule has 2 fully saturated rings. The SMILES string of the molecule is COc1cc(Cl)c(Oc2cc(/N=C(/N)Nc3ccccc3)nc(N3CCN(C(=O)N4CCCC4)CC3)n2)cc1OC. The summed E-state index contributed by atoms with van der Waals surface area (Å²) in [5.41, 5.74) is 6.99. The van der Waals surface area contributed by atoms with E-state index in [4.69, 9.17) is 31.5 Å². The number of hydrogen-bond donors (Lipinski definition) is 2. The zero-order chi connectivity index (χ0) is 28.8. The van der Waals surface area contributed by atoms with E-state index >= 15 is 0 Å². The van der Waals surface area contributed by atoms with Gasteiger partial charge >= 0.3 is 6.03 Å². The Bertz CT molecular complexity index is 1390. The maximum Gasteiger partial charge on any atom is 0.320 e. The molecule has 1 aromatic heterocycles. The Morgan fingerprint density at radius 2 is 1.56 bits per heavy atom. The fourth-order valence-corrected chi connectivity index (χ4v) is 4.90. The molecular formula is C28H33ClN8O4. The van der Waals surface area contributed by atoms with Crippen molar-refractivity contribution in [2.75, 3.05) is 63.7 Å². The Kier molecular flexibility index (Phi) is 8.78. The molecule has 2 aromatic carbocycles. The van der Waals surface area contributed by atoms with E-state index in [1.807, 2.05) is 45.0 Å². The molecule has 3 N–H and O–H groups in total. The smallest absolute Gasteiger partial charge is 0.320 e. The van der Waals surface area contributed by atoms with E-state index < -0.39 is 0 Å². The zero-order valence-corrected chi connectivity index (χ0v) is 23.8. The minimum Gasteiger partial charge on any atom is -0.493 e. The molecule has 0 aliphatic carbocycles. The number of likely N-dealkylation sites (tertiary alicyclic amines) is 1. The number of para-hydroxylation sites is 1. The van der Waals surface area contributed by atoms with Crippen LogP contribution in [-0.4, -0.2) is 85.2 Å². The highest BCUT2D eigenvalue weighted by Gasteiger charge is 2.28. The number of rotatable bonds is 7. The molecule has 0 atom stereocenters. The third-order valence-electron chi connectivity index (χ3n) is 6.82. The monoisotopic (exact) mass is 580 g/mol. The van der Waals surface area contributed by atoms with Gasteiger partial charge in [0.15, 0.2) is 29.0 Å². The average Bonchev–Trinajstić information content (AvgIpc) is 3.53. The van der Waals surface area contributed by atoms with Crippen LogP contribution in [-0.2, 0) is 0 Å². The fraction of sp³-hybridized carbons (Fsp3) is 0.357. The number of aromatic nitrogens is 2. The zero-order valence-electron chi connectivity index (χ0n) is 23.0. The number of nitrogens with one attached hydrogen (secondary N) is 1. The van der Waals surface area contributed by atoms with E-state index in [2.05, 4.69) is 20.3 Å². The number of carbonyl (C=O) groups is 1. The van der Waals surface area contributed by atoms with Gasteiger partial charge in [-0.25, -0.2) is 4.79 Å². The topological polar surface area (TPSA) is 131 Å². The van der Waals surface area contributed by atoms with Crippen molar-refractivity contribution in [2.24, 2.45) is 10.7 Å². The van der Waals surface area contributed by atoms with Crippen molar-refractivity contribution in [1.29, 1.82) is 0 Å². The molecule has 41 heavy (non-hydrogen) atoms. The lowest BCUT2D eigenvalue weighted by Gasteiger charge is -2.36. The van der Waals surface area contributed by atoms with Gasteiger partial charge in [-0.15, -0.1) is 0 Å². The minimum atomic E-state index is 0.0910. The number of ether oxygens (including phenoxy) is 3. The second-order valence-electron chi connectivity index (χ2n) is 9.54. The molecule has 216 valence electrons. The van der Waals surface area contributed by atoms with Gasteiger partial charge in [0, 0.05) is 63.2 Å². The largest absolute Gasteiger partial charge is 0.493 e. The number of methoxy groups -OCH3 is 2. The van der Waals surface area contributed by atoms with Crippen LogP contribution in [0.25, 0.3) is 0 Å². The quantitative estimate of drug-likeness (QED) is 0.309. The van der Waals surface area contributed by atoms with Crippen molar-refractivity contribution in [3.8, 4) is 23.1 Å². The van der Waals surface area contributed by atoms with Gasteiger partial charge in [-0.3, -0.25) is 0 Å². The molecule has 3 aromatic rings. The molecule has 0 radical (unpaired) electrons. The van der Waals surface area contributed by atoms with Gasteiger partial charge in [0.05, 0.1) is 19.2 Å². The Hall–Kier alpha value is -4.45. The van der Waals surface area contributed by atoms with Gasteiger partial charge in [-0.1, -0.05) is 29.8 Å². The second-order valence-corrected chi connectivity index (χ2v) is 9.95. The number of hydrogen-bond acceptors (Lipinski definition) is 8. The fourth-order valence-electron chi connectivity index (χ4n) is 4.71. The first kappa shape index (κ1) is 28.1. The molecule has 0 bridgehead atoms. The highest BCUT2D eigenvalue weighted by atomic mass is 35.5. The predicted molar refractivity (Wildman–Crippen MR) is 158 cm³/mol. The van der Waals surface area contributed by atoms with E-state index in [0.29, 0.717) is 54.4 Å². The highest BCUT2D eigenvalue weighted by molar-refractivity contribution is 6.32. The number of nitrogens with zero attached hydrogens (tertiary/aromatic N) is 6. The molecule has 0 unspecified atom stereocenters. The Labute approximate surface area is 243 Å². The summed E-state index contributed by atoms with van der Waals surface area (Å²) >= 11 is 6.48. The normalized spacial score (nSPS) is 15.6. The van der Waals surface area contributed by atoms with E-state index in [-0.39, 0.29) is 23.7 Å². The van der Waals surface area contributed by atoms with Crippen molar-refractivity contribution < 1.29 is 19.0 Å². The van der Waals surface area contributed by atoms with Crippen LogP contribution in [0.3, 0.4) is 0 Å². The molecule has 5 rings (SSSR count). The summed E-state index contributed by atoms with van der Waals surface area (Å²) in [7, 11) is 3.06. The summed E-state index contributed by atoms with van der Waals surface area (Å²) in [6.07, 6.45) is 2.12. The van der Waals surface area contributed by atoms with Gasteiger partial charge in [0.2, 0.25) is 11.8 Å². The molecule has 12 nitrogen and oxygen atoms in total. The summed E-state index contributed by atoms with van der Waals surface area (Å²) in [5.74, 6) is 2.30. The average molecular weight is 581 g/mol. The van der Waals surface area contributed by atoms with Crippen molar-refractivity contribution in [2.45, 2.75) is 12.8 Å². The number of guanidine groups is 1. The number of benzene rings is 2. The molecular weight excluding hydrogens is 548 g/mol. The van der Waals surface area contributed by atoms with Gasteiger partial charge in [0.1, 0.15) is 0 Å². The van der Waals surface area contributed by atoms with Crippen LogP contribution in [0.5, 0.6) is 23.1 Å². The molecule has 2 aliphatic rings. The van der Waals surface area contributed by atoms with E-state index in [0.717, 1.165) is 31.6 Å². The lowest BCUT2D eigenvalue weighted by molar-refractivity contribution is 0.159. The van der Waals surface area contributed by atoms with Crippen LogP contribution in [0.2, 0.25) is 5.02 Å². The number of urea groups is 1. The number of halogens is 1. The van der Waals surface area contributed by atoms with Crippen molar-refractivity contribution in [1.82, 2.24) is 19.8 Å². The first-order valence-corrected chi connectivity index (χ1v) is 13.7. The number of piperazine rings is 1. The van der Waals surface area contributed by atoms with E-state index in [9.17, 15) is 4.79 Å². The molecule has 0 saturated carbocycles. The highest BCUT2D eigenvalue weighted by Crippen LogP contribution is 2.39. The molecule has 3 heterocycles. The van der Waals surface area contributed by atoms with Gasteiger partial charge in [-0.2, -0.15) is 15.0 Å². The molecule has 2 amide bonds. The standard InChI is InChI=1S/C28H33ClN8O4/c1-39-22-16-20(29)21(17-23(22)40-2)41-25-18-24(32-26(30)31-19-8-4-3-5-9-19)33-27(34-25)35-12-14-37(15-13-35)28(38)36-10-6-7-11-36/h3-5,8-9,16-18H,6-7,10-15H2,1-2H3,(H3,30,31,32,33,34). The number of carbonyl (C=O) groups excluding carboxylic acids is 1. The molecule has 2 aliphatic heterocycles. The Morgan fingerprint density at radius 3 is 2.24 bits per heavy atom. The Balaban J connectivity index is 1.40.